The van der Waals surface area contributed by atoms with Crippen LogP contribution in [0.25, 0.3) is 0 Å². The Kier molecular flexibility index (Phi) is 5.10. The Labute approximate surface area is 102 Å². The number of carbonyl (C=O) groups is 1. The van der Waals surface area contributed by atoms with Gasteiger partial charge in [0.05, 0.1) is 5.69 Å². The van der Waals surface area contributed by atoms with Crippen molar-refractivity contribution < 1.29 is 9.90 Å². The molecule has 0 fully saturated rings. The Morgan fingerprint density at radius 1 is 1.47 bits per heavy atom. The number of aliphatic carboxylic acids is 1. The van der Waals surface area contributed by atoms with Crippen molar-refractivity contribution in [2.75, 3.05) is 6.54 Å². The van der Waals surface area contributed by atoms with Crippen LogP contribution >= 0.6 is 0 Å². The van der Waals surface area contributed by atoms with Crippen molar-refractivity contribution in [2.24, 2.45) is 0 Å². The average molecular weight is 236 g/mol. The van der Waals surface area contributed by atoms with Crippen LogP contribution in [-0.2, 0) is 10.3 Å². The van der Waals surface area contributed by atoms with Gasteiger partial charge in [-0.3, -0.25) is 10.3 Å². The normalized spacial score (nSPS) is 14.2. The third kappa shape index (κ3) is 3.53. The van der Waals surface area contributed by atoms with Gasteiger partial charge < -0.3 is 5.11 Å². The highest BCUT2D eigenvalue weighted by Crippen LogP contribution is 2.18. The van der Waals surface area contributed by atoms with Gasteiger partial charge >= 0.3 is 5.97 Å². The first-order valence-corrected chi connectivity index (χ1v) is 6.01. The van der Waals surface area contributed by atoms with E-state index >= 15 is 0 Å². The van der Waals surface area contributed by atoms with Crippen molar-refractivity contribution in [3.63, 3.8) is 0 Å². The zero-order valence-electron chi connectivity index (χ0n) is 10.4. The van der Waals surface area contributed by atoms with Crippen LogP contribution in [0.1, 0.15) is 38.8 Å². The summed E-state index contributed by atoms with van der Waals surface area (Å²) in [6, 6.07) is 5.32. The second-order valence-corrected chi connectivity index (χ2v) is 4.28. The number of aromatic nitrogens is 1. The van der Waals surface area contributed by atoms with E-state index in [1.54, 1.807) is 31.3 Å². The molecule has 0 saturated heterocycles. The van der Waals surface area contributed by atoms with Gasteiger partial charge in [-0.05, 0) is 32.0 Å². The molecule has 1 heterocycles. The molecule has 4 heteroatoms. The molecular weight excluding hydrogens is 216 g/mol. The first-order chi connectivity index (χ1) is 8.11. The van der Waals surface area contributed by atoms with Crippen LogP contribution in [0.3, 0.4) is 0 Å². The van der Waals surface area contributed by atoms with Crippen LogP contribution in [0.5, 0.6) is 0 Å². The van der Waals surface area contributed by atoms with Gasteiger partial charge in [0.15, 0.2) is 5.54 Å². The minimum absolute atomic E-state index is 0.545. The molecule has 1 atom stereocenters. The molecule has 0 aromatic carbocycles. The summed E-state index contributed by atoms with van der Waals surface area (Å²) < 4.78 is 0. The largest absolute Gasteiger partial charge is 0.480 e. The number of pyridine rings is 1. The number of nitrogens with one attached hydrogen (secondary N) is 1. The maximum atomic E-state index is 11.4. The predicted octanol–water partition coefficient (Wildman–Crippen LogP) is 2.16. The highest BCUT2D eigenvalue weighted by atomic mass is 16.4. The zero-order chi connectivity index (χ0) is 12.7. The molecule has 1 rings (SSSR count). The molecule has 0 aliphatic heterocycles. The SMILES string of the molecule is CCCCCNC(C)(C(=O)O)c1ccccn1. The number of rotatable bonds is 7. The van der Waals surface area contributed by atoms with Gasteiger partial charge in [0.25, 0.3) is 0 Å². The van der Waals surface area contributed by atoms with Gasteiger partial charge in [-0.25, -0.2) is 4.79 Å². The number of unbranched alkanes of at least 4 members (excludes halogenated alkanes) is 2. The molecule has 1 aromatic rings. The molecule has 1 aromatic heterocycles. The van der Waals surface area contributed by atoms with Crippen LogP contribution in [0.15, 0.2) is 24.4 Å². The van der Waals surface area contributed by atoms with E-state index in [1.165, 1.54) is 0 Å². The highest BCUT2D eigenvalue weighted by Gasteiger charge is 2.35. The van der Waals surface area contributed by atoms with E-state index in [-0.39, 0.29) is 0 Å². The van der Waals surface area contributed by atoms with Gasteiger partial charge in [0.1, 0.15) is 0 Å². The van der Waals surface area contributed by atoms with E-state index in [0.29, 0.717) is 12.2 Å². The van der Waals surface area contributed by atoms with Crippen LogP contribution in [0.4, 0.5) is 0 Å². The molecule has 94 valence electrons. The van der Waals surface area contributed by atoms with Crippen LogP contribution < -0.4 is 5.32 Å². The average Bonchev–Trinajstić information content (AvgIpc) is 2.35. The van der Waals surface area contributed by atoms with E-state index < -0.39 is 11.5 Å². The molecule has 0 saturated carbocycles. The summed E-state index contributed by atoms with van der Waals surface area (Å²) in [6.45, 7) is 4.46. The standard InChI is InChI=1S/C13H20N2O2/c1-3-4-6-10-15-13(2,12(16)17)11-8-5-7-9-14-11/h5,7-9,15H,3-4,6,10H2,1-2H3,(H,16,17). The van der Waals surface area contributed by atoms with Gasteiger partial charge in [0, 0.05) is 6.20 Å². The summed E-state index contributed by atoms with van der Waals surface area (Å²) >= 11 is 0. The number of hydrogen-bond acceptors (Lipinski definition) is 3. The Bertz CT molecular complexity index is 354. The smallest absolute Gasteiger partial charge is 0.329 e. The Morgan fingerprint density at radius 3 is 2.76 bits per heavy atom. The lowest BCUT2D eigenvalue weighted by Gasteiger charge is -2.25. The Hall–Kier alpha value is -1.42. The molecule has 0 radical (unpaired) electrons. The molecule has 2 N–H and O–H groups in total. The Morgan fingerprint density at radius 2 is 2.24 bits per heavy atom. The van der Waals surface area contributed by atoms with E-state index in [1.807, 2.05) is 0 Å². The molecule has 4 nitrogen and oxygen atoms in total. The third-order valence-corrected chi connectivity index (χ3v) is 2.86. The maximum absolute atomic E-state index is 11.4. The van der Waals surface area contributed by atoms with Crippen molar-refractivity contribution in [2.45, 2.75) is 38.6 Å². The van der Waals surface area contributed by atoms with Crippen molar-refractivity contribution in [1.82, 2.24) is 10.3 Å². The number of hydrogen-bond donors (Lipinski definition) is 2. The lowest BCUT2D eigenvalue weighted by molar-refractivity contribution is -0.144. The third-order valence-electron chi connectivity index (χ3n) is 2.86. The van der Waals surface area contributed by atoms with Crippen LogP contribution in [-0.4, -0.2) is 22.6 Å². The fraction of sp³-hybridized carbons (Fsp3) is 0.538. The van der Waals surface area contributed by atoms with Crippen molar-refractivity contribution in [3.8, 4) is 0 Å². The Balaban J connectivity index is 2.73. The zero-order valence-corrected chi connectivity index (χ0v) is 10.4. The topological polar surface area (TPSA) is 62.2 Å². The van der Waals surface area contributed by atoms with Gasteiger partial charge in [-0.1, -0.05) is 25.8 Å². The van der Waals surface area contributed by atoms with Gasteiger partial charge in [-0.15, -0.1) is 0 Å². The molecule has 0 aliphatic rings. The molecule has 0 bridgehead atoms. The second-order valence-electron chi connectivity index (χ2n) is 4.28. The first kappa shape index (κ1) is 13.6. The van der Waals surface area contributed by atoms with Gasteiger partial charge in [-0.2, -0.15) is 0 Å². The van der Waals surface area contributed by atoms with E-state index in [2.05, 4.69) is 17.2 Å². The molecule has 0 spiro atoms. The van der Waals surface area contributed by atoms with E-state index in [9.17, 15) is 9.90 Å². The lowest BCUT2D eigenvalue weighted by Crippen LogP contribution is -2.47. The summed E-state index contributed by atoms with van der Waals surface area (Å²) in [5.74, 6) is -0.896. The molecular formula is C13H20N2O2. The van der Waals surface area contributed by atoms with Crippen LogP contribution in [0, 0.1) is 0 Å². The maximum Gasteiger partial charge on any atom is 0.329 e. The number of nitrogens with zero attached hydrogens (tertiary/aromatic N) is 1. The summed E-state index contributed by atoms with van der Waals surface area (Å²) in [7, 11) is 0. The highest BCUT2D eigenvalue weighted by molar-refractivity contribution is 5.79. The van der Waals surface area contributed by atoms with E-state index in [0.717, 1.165) is 19.3 Å². The summed E-state index contributed by atoms with van der Waals surface area (Å²) in [4.78, 5) is 15.5. The molecule has 0 amide bonds. The number of carboxylic acids is 1. The first-order valence-electron chi connectivity index (χ1n) is 6.01. The molecule has 1 unspecified atom stereocenters. The minimum Gasteiger partial charge on any atom is -0.480 e. The quantitative estimate of drug-likeness (QED) is 0.712. The van der Waals surface area contributed by atoms with Crippen LogP contribution in [0.2, 0.25) is 0 Å². The van der Waals surface area contributed by atoms with Crippen molar-refractivity contribution in [3.05, 3.63) is 30.1 Å². The van der Waals surface area contributed by atoms with Crippen molar-refractivity contribution >= 4 is 5.97 Å². The molecule has 17 heavy (non-hydrogen) atoms. The van der Waals surface area contributed by atoms with Gasteiger partial charge in [0.2, 0.25) is 0 Å². The summed E-state index contributed by atoms with van der Waals surface area (Å²) in [5.41, 5.74) is -0.557. The fourth-order valence-electron chi connectivity index (χ4n) is 1.65. The second kappa shape index (κ2) is 6.35. The molecule has 0 aliphatic carbocycles. The minimum atomic E-state index is -1.10. The number of carboxylic acid groups (broad SMARTS) is 1. The summed E-state index contributed by atoms with van der Waals surface area (Å²) in [6.07, 6.45) is 4.82. The summed E-state index contributed by atoms with van der Waals surface area (Å²) in [5, 5.41) is 12.4. The monoisotopic (exact) mass is 236 g/mol. The fourth-order valence-corrected chi connectivity index (χ4v) is 1.65. The van der Waals surface area contributed by atoms with E-state index in [4.69, 9.17) is 0 Å². The lowest BCUT2D eigenvalue weighted by atomic mass is 9.97. The predicted molar refractivity (Wildman–Crippen MR) is 66.8 cm³/mol. The van der Waals surface area contributed by atoms with Crippen molar-refractivity contribution in [1.29, 1.82) is 0 Å².